The molecule has 1 saturated heterocycles. The van der Waals surface area contributed by atoms with Crippen LogP contribution in [0.5, 0.6) is 0 Å². The Hall–Kier alpha value is -0.570. The lowest BCUT2D eigenvalue weighted by atomic mass is 9.87. The van der Waals surface area contributed by atoms with E-state index in [1.165, 1.54) is 5.56 Å². The first-order valence-electron chi connectivity index (χ1n) is 6.22. The average Bonchev–Trinajstić information content (AvgIpc) is 2.24. The Bertz CT molecular complexity index is 372. The van der Waals surface area contributed by atoms with Crippen LogP contribution in [0.25, 0.3) is 0 Å². The third-order valence-corrected chi connectivity index (χ3v) is 3.93. The van der Waals surface area contributed by atoms with Crippen LogP contribution >= 0.6 is 11.6 Å². The lowest BCUT2D eigenvalue weighted by Crippen LogP contribution is -2.52. The molecule has 94 valence electrons. The first kappa shape index (κ1) is 12.9. The maximum Gasteiger partial charge on any atom is 0.0406 e. The van der Waals surface area contributed by atoms with E-state index in [0.717, 1.165) is 31.0 Å². The number of halogens is 1. The summed E-state index contributed by atoms with van der Waals surface area (Å²) in [5.41, 5.74) is 7.55. The molecule has 2 N–H and O–H groups in total. The first-order valence-corrected chi connectivity index (χ1v) is 6.60. The van der Waals surface area contributed by atoms with Crippen LogP contribution in [-0.2, 0) is 6.54 Å². The molecule has 0 bridgehead atoms. The van der Waals surface area contributed by atoms with E-state index in [9.17, 15) is 0 Å². The molecule has 0 amide bonds. The Morgan fingerprint density at radius 2 is 2.00 bits per heavy atom. The van der Waals surface area contributed by atoms with Gasteiger partial charge in [0.1, 0.15) is 0 Å². The van der Waals surface area contributed by atoms with Crippen molar-refractivity contribution in [2.75, 3.05) is 6.54 Å². The maximum absolute atomic E-state index is 6.04. The Morgan fingerprint density at radius 3 is 2.59 bits per heavy atom. The molecule has 0 saturated carbocycles. The standard InChI is InChI=1S/C14H21ClN2/c1-14(2)9-13(16)7-8-17(14)10-11-3-5-12(15)6-4-11/h3-6,13H,7-10,16H2,1-2H3. The van der Waals surface area contributed by atoms with Crippen LogP contribution < -0.4 is 5.73 Å². The average molecular weight is 253 g/mol. The van der Waals surface area contributed by atoms with Crippen LogP contribution in [0, 0.1) is 0 Å². The van der Waals surface area contributed by atoms with Gasteiger partial charge >= 0.3 is 0 Å². The largest absolute Gasteiger partial charge is 0.328 e. The topological polar surface area (TPSA) is 29.3 Å². The van der Waals surface area contributed by atoms with Crippen LogP contribution in [0.4, 0.5) is 0 Å². The van der Waals surface area contributed by atoms with Gasteiger partial charge in [-0.3, -0.25) is 4.90 Å². The monoisotopic (exact) mass is 252 g/mol. The van der Waals surface area contributed by atoms with Gasteiger partial charge < -0.3 is 5.73 Å². The van der Waals surface area contributed by atoms with E-state index in [1.807, 2.05) is 12.1 Å². The van der Waals surface area contributed by atoms with Gasteiger partial charge in [-0.1, -0.05) is 23.7 Å². The van der Waals surface area contributed by atoms with Crippen molar-refractivity contribution in [1.82, 2.24) is 4.90 Å². The molecular formula is C14H21ClN2. The third kappa shape index (κ3) is 3.21. The van der Waals surface area contributed by atoms with Gasteiger partial charge in [-0.05, 0) is 44.4 Å². The van der Waals surface area contributed by atoms with Gasteiger partial charge in [0.05, 0.1) is 0 Å². The number of nitrogens with two attached hydrogens (primary N) is 1. The van der Waals surface area contributed by atoms with E-state index < -0.39 is 0 Å². The Morgan fingerprint density at radius 1 is 1.35 bits per heavy atom. The van der Waals surface area contributed by atoms with Gasteiger partial charge in [0.25, 0.3) is 0 Å². The molecule has 0 aromatic heterocycles. The van der Waals surface area contributed by atoms with Crippen LogP contribution in [0.1, 0.15) is 32.3 Å². The number of benzene rings is 1. The summed E-state index contributed by atoms with van der Waals surface area (Å²) in [5.74, 6) is 0. The van der Waals surface area contributed by atoms with Crippen LogP contribution in [0.3, 0.4) is 0 Å². The molecule has 3 heteroatoms. The van der Waals surface area contributed by atoms with Gasteiger partial charge in [0.15, 0.2) is 0 Å². The highest BCUT2D eigenvalue weighted by Gasteiger charge is 2.32. The molecule has 1 aromatic rings. The van der Waals surface area contributed by atoms with Crippen molar-refractivity contribution in [3.63, 3.8) is 0 Å². The third-order valence-electron chi connectivity index (χ3n) is 3.67. The highest BCUT2D eigenvalue weighted by atomic mass is 35.5. The predicted molar refractivity (Wildman–Crippen MR) is 73.2 cm³/mol. The number of hydrogen-bond donors (Lipinski definition) is 1. The van der Waals surface area contributed by atoms with Crippen molar-refractivity contribution in [3.8, 4) is 0 Å². The SMILES string of the molecule is CC1(C)CC(N)CCN1Cc1ccc(Cl)cc1. The molecule has 1 unspecified atom stereocenters. The molecule has 1 aliphatic rings. The first-order chi connectivity index (χ1) is 7.97. The molecule has 1 atom stereocenters. The second kappa shape index (κ2) is 4.97. The highest BCUT2D eigenvalue weighted by molar-refractivity contribution is 6.30. The number of rotatable bonds is 2. The summed E-state index contributed by atoms with van der Waals surface area (Å²) in [7, 11) is 0. The van der Waals surface area contributed by atoms with Crippen molar-refractivity contribution < 1.29 is 0 Å². The predicted octanol–water partition coefficient (Wildman–Crippen LogP) is 3.04. The lowest BCUT2D eigenvalue weighted by molar-refractivity contribution is 0.0593. The summed E-state index contributed by atoms with van der Waals surface area (Å²) < 4.78 is 0. The van der Waals surface area contributed by atoms with Crippen molar-refractivity contribution in [2.24, 2.45) is 5.73 Å². The summed E-state index contributed by atoms with van der Waals surface area (Å²) >= 11 is 5.90. The minimum Gasteiger partial charge on any atom is -0.328 e. The van der Waals surface area contributed by atoms with Gasteiger partial charge in [0.2, 0.25) is 0 Å². The zero-order valence-electron chi connectivity index (χ0n) is 10.6. The van der Waals surface area contributed by atoms with Gasteiger partial charge in [0, 0.05) is 29.7 Å². The molecular weight excluding hydrogens is 232 g/mol. The van der Waals surface area contributed by atoms with E-state index in [0.29, 0.717) is 6.04 Å². The lowest BCUT2D eigenvalue weighted by Gasteiger charge is -2.45. The van der Waals surface area contributed by atoms with Crippen molar-refractivity contribution in [1.29, 1.82) is 0 Å². The molecule has 1 heterocycles. The second-order valence-electron chi connectivity index (χ2n) is 5.61. The van der Waals surface area contributed by atoms with E-state index in [2.05, 4.69) is 30.9 Å². The summed E-state index contributed by atoms with van der Waals surface area (Å²) in [6.07, 6.45) is 2.16. The molecule has 1 aromatic carbocycles. The number of hydrogen-bond acceptors (Lipinski definition) is 2. The molecule has 0 spiro atoms. The summed E-state index contributed by atoms with van der Waals surface area (Å²) in [4.78, 5) is 2.51. The molecule has 1 aliphatic heterocycles. The Balaban J connectivity index is 2.05. The fourth-order valence-corrected chi connectivity index (χ4v) is 2.73. The quantitative estimate of drug-likeness (QED) is 0.877. The van der Waals surface area contributed by atoms with E-state index in [-0.39, 0.29) is 5.54 Å². The molecule has 2 nitrogen and oxygen atoms in total. The molecule has 0 aliphatic carbocycles. The van der Waals surface area contributed by atoms with Gasteiger partial charge in [-0.2, -0.15) is 0 Å². The van der Waals surface area contributed by atoms with Crippen LogP contribution in [-0.4, -0.2) is 23.0 Å². The minimum absolute atomic E-state index is 0.192. The normalized spacial score (nSPS) is 24.8. The van der Waals surface area contributed by atoms with Gasteiger partial charge in [-0.25, -0.2) is 0 Å². The fraction of sp³-hybridized carbons (Fsp3) is 0.571. The van der Waals surface area contributed by atoms with Crippen molar-refractivity contribution >= 4 is 11.6 Å². The summed E-state index contributed by atoms with van der Waals surface area (Å²) in [6.45, 7) is 6.62. The van der Waals surface area contributed by atoms with Crippen LogP contribution in [0.2, 0.25) is 5.02 Å². The Kier molecular flexibility index (Phi) is 3.76. The van der Waals surface area contributed by atoms with E-state index in [1.54, 1.807) is 0 Å². The molecule has 2 rings (SSSR count). The zero-order valence-corrected chi connectivity index (χ0v) is 11.4. The molecule has 1 fully saturated rings. The smallest absolute Gasteiger partial charge is 0.0406 e. The summed E-state index contributed by atoms with van der Waals surface area (Å²) in [5, 5.41) is 0.800. The van der Waals surface area contributed by atoms with Crippen molar-refractivity contribution in [2.45, 2.75) is 44.8 Å². The second-order valence-corrected chi connectivity index (χ2v) is 6.05. The Labute approximate surface area is 109 Å². The van der Waals surface area contributed by atoms with E-state index in [4.69, 9.17) is 17.3 Å². The number of likely N-dealkylation sites (tertiary alicyclic amines) is 1. The van der Waals surface area contributed by atoms with E-state index >= 15 is 0 Å². The van der Waals surface area contributed by atoms with Crippen LogP contribution in [0.15, 0.2) is 24.3 Å². The number of piperidine rings is 1. The highest BCUT2D eigenvalue weighted by Crippen LogP contribution is 2.28. The fourth-order valence-electron chi connectivity index (χ4n) is 2.60. The molecule has 17 heavy (non-hydrogen) atoms. The zero-order chi connectivity index (χ0) is 12.5. The van der Waals surface area contributed by atoms with Crippen molar-refractivity contribution in [3.05, 3.63) is 34.9 Å². The molecule has 0 radical (unpaired) electrons. The summed E-state index contributed by atoms with van der Waals surface area (Å²) in [6, 6.07) is 8.48. The minimum atomic E-state index is 0.192. The number of nitrogens with zero attached hydrogens (tertiary/aromatic N) is 1. The maximum atomic E-state index is 6.04. The van der Waals surface area contributed by atoms with Gasteiger partial charge in [-0.15, -0.1) is 0 Å².